The molecule has 52 heavy (non-hydrogen) atoms. The van der Waals surface area contributed by atoms with Gasteiger partial charge in [0.25, 0.3) is 0 Å². The van der Waals surface area contributed by atoms with Crippen LogP contribution in [0.25, 0.3) is 0 Å². The van der Waals surface area contributed by atoms with Gasteiger partial charge in [-0.3, -0.25) is 14.6 Å². The van der Waals surface area contributed by atoms with Crippen molar-refractivity contribution in [3.8, 4) is 0 Å². The lowest BCUT2D eigenvalue weighted by Gasteiger charge is -2.35. The quantitative estimate of drug-likeness (QED) is 0.114. The number of esters is 1. The molecule has 6 nitrogen and oxygen atoms in total. The van der Waals surface area contributed by atoms with E-state index >= 15 is 0 Å². The molecule has 4 aromatic rings. The Kier molecular flexibility index (Phi) is 15.8. The summed E-state index contributed by atoms with van der Waals surface area (Å²) in [6.07, 6.45) is 3.92. The van der Waals surface area contributed by atoms with Gasteiger partial charge in [-0.1, -0.05) is 141 Å². The molecule has 6 rings (SSSR count). The Morgan fingerprint density at radius 3 is 2.02 bits per heavy atom. The van der Waals surface area contributed by atoms with Gasteiger partial charge in [-0.2, -0.15) is 0 Å². The van der Waals surface area contributed by atoms with Crippen molar-refractivity contribution >= 4 is 17.6 Å². The Morgan fingerprint density at radius 1 is 0.769 bits per heavy atom. The molecule has 1 unspecified atom stereocenters. The second-order valence-corrected chi connectivity index (χ2v) is 14.5. The van der Waals surface area contributed by atoms with Gasteiger partial charge in [0.2, 0.25) is 0 Å². The van der Waals surface area contributed by atoms with Crippen LogP contribution in [-0.4, -0.2) is 86.2 Å². The number of hydrogen-bond acceptors (Lipinski definition) is 6. The molecule has 4 aromatic carbocycles. The Labute approximate surface area is 317 Å². The summed E-state index contributed by atoms with van der Waals surface area (Å²) >= 11 is 6.49. The van der Waals surface area contributed by atoms with E-state index in [0.29, 0.717) is 13.2 Å². The Morgan fingerprint density at radius 2 is 1.37 bits per heavy atom. The second kappa shape index (κ2) is 20.6. The van der Waals surface area contributed by atoms with Crippen molar-refractivity contribution in [1.82, 2.24) is 14.7 Å². The zero-order valence-corrected chi connectivity index (χ0v) is 32.3. The van der Waals surface area contributed by atoms with Crippen LogP contribution in [0.3, 0.4) is 0 Å². The monoisotopic (exact) mass is 723 g/mol. The van der Waals surface area contributed by atoms with E-state index in [1.54, 1.807) is 0 Å². The fraction of sp³-hybridized carbons (Fsp3) is 0.444. The van der Waals surface area contributed by atoms with E-state index in [4.69, 9.17) is 21.1 Å². The second-order valence-electron chi connectivity index (χ2n) is 14.0. The lowest BCUT2D eigenvalue weighted by molar-refractivity contribution is -0.151. The van der Waals surface area contributed by atoms with Crippen molar-refractivity contribution in [2.45, 2.75) is 64.5 Å². The maximum Gasteiger partial charge on any atom is 0.316 e. The van der Waals surface area contributed by atoms with Crippen molar-refractivity contribution in [1.29, 1.82) is 0 Å². The number of benzene rings is 4. The van der Waals surface area contributed by atoms with E-state index in [2.05, 4.69) is 102 Å². The minimum Gasteiger partial charge on any atom is -0.464 e. The zero-order chi connectivity index (χ0) is 36.6. The Bertz CT molecular complexity index is 1620. The van der Waals surface area contributed by atoms with Gasteiger partial charge < -0.3 is 14.4 Å². The molecule has 1 heterocycles. The highest BCUT2D eigenvalue weighted by Gasteiger charge is 2.44. The van der Waals surface area contributed by atoms with Crippen LogP contribution in [0, 0.1) is 6.92 Å². The van der Waals surface area contributed by atoms with E-state index in [-0.39, 0.29) is 12.1 Å². The fourth-order valence-electron chi connectivity index (χ4n) is 7.47. The molecule has 0 radical (unpaired) electrons. The Balaban J connectivity index is 0.000000217. The van der Waals surface area contributed by atoms with Crippen molar-refractivity contribution in [2.24, 2.45) is 0 Å². The first-order chi connectivity index (χ1) is 25.4. The number of hydrogen-bond donors (Lipinski definition) is 0. The van der Waals surface area contributed by atoms with Gasteiger partial charge in [-0.25, -0.2) is 0 Å². The standard InChI is InChI=1S/C27H31ClN2O.C18H27NO2/c1-22-9-5-6-12-24(22)21-30-17-15-29(16-18-30)19-20-31-27(23-10-3-2-4-11-23)25-13-7-8-14-26(25)28;1-3-19(4-2)14-15-21-17(20)18(12-8-9-13-18)16-10-6-5-7-11-16/h2-14,27H,15-21H2,1H3;5-7,10-11H,3-4,8-9,12-15H2,1-2H3. The third-order valence-electron chi connectivity index (χ3n) is 10.8. The summed E-state index contributed by atoms with van der Waals surface area (Å²) in [7, 11) is 0. The number of halogens is 1. The molecule has 0 bridgehead atoms. The summed E-state index contributed by atoms with van der Waals surface area (Å²) in [5.41, 5.74) is 5.70. The van der Waals surface area contributed by atoms with Crippen LogP contribution >= 0.6 is 11.6 Å². The molecular formula is C45H58ClN3O3. The Hall–Kier alpha value is -3.52. The summed E-state index contributed by atoms with van der Waals surface area (Å²) in [5.74, 6) is -0.0293. The summed E-state index contributed by atoms with van der Waals surface area (Å²) in [5, 5.41) is 0.751. The fourth-order valence-corrected chi connectivity index (χ4v) is 7.71. The highest BCUT2D eigenvalue weighted by Crippen LogP contribution is 2.42. The van der Waals surface area contributed by atoms with Crippen LogP contribution in [0.15, 0.2) is 109 Å². The van der Waals surface area contributed by atoms with Crippen molar-refractivity contribution in [3.63, 3.8) is 0 Å². The predicted octanol–water partition coefficient (Wildman–Crippen LogP) is 8.96. The summed E-state index contributed by atoms with van der Waals surface area (Å²) < 4.78 is 12.0. The molecule has 0 amide bonds. The first-order valence-electron chi connectivity index (χ1n) is 19.3. The van der Waals surface area contributed by atoms with Gasteiger partial charge in [-0.05, 0) is 61.2 Å². The number of aryl methyl sites for hydroxylation is 1. The van der Waals surface area contributed by atoms with E-state index in [9.17, 15) is 4.79 Å². The molecule has 2 fully saturated rings. The van der Waals surface area contributed by atoms with Gasteiger partial charge >= 0.3 is 5.97 Å². The molecule has 0 N–H and O–H groups in total. The van der Waals surface area contributed by atoms with Gasteiger partial charge in [0.1, 0.15) is 12.7 Å². The highest BCUT2D eigenvalue weighted by atomic mass is 35.5. The number of rotatable bonds is 15. The minimum atomic E-state index is -0.398. The van der Waals surface area contributed by atoms with E-state index in [1.807, 2.05) is 42.5 Å². The average molecular weight is 724 g/mol. The van der Waals surface area contributed by atoms with Crippen LogP contribution in [-0.2, 0) is 26.2 Å². The lowest BCUT2D eigenvalue weighted by atomic mass is 9.79. The van der Waals surface area contributed by atoms with Crippen LogP contribution in [0.1, 0.15) is 73.5 Å². The molecule has 0 aromatic heterocycles. The number of carbonyl (C=O) groups is 1. The third kappa shape index (κ3) is 11.0. The molecule has 1 saturated heterocycles. The van der Waals surface area contributed by atoms with Gasteiger partial charge in [-0.15, -0.1) is 0 Å². The average Bonchev–Trinajstić information content (AvgIpc) is 3.70. The third-order valence-corrected chi connectivity index (χ3v) is 11.2. The van der Waals surface area contributed by atoms with Crippen LogP contribution in [0.4, 0.5) is 0 Å². The number of ether oxygens (including phenoxy) is 2. The molecule has 2 aliphatic rings. The normalized spacial score (nSPS) is 16.6. The van der Waals surface area contributed by atoms with Gasteiger partial charge in [0, 0.05) is 56.4 Å². The van der Waals surface area contributed by atoms with Crippen LogP contribution < -0.4 is 0 Å². The molecule has 0 spiro atoms. The maximum absolute atomic E-state index is 12.7. The number of piperazine rings is 1. The first kappa shape index (κ1) is 39.7. The molecule has 278 valence electrons. The van der Waals surface area contributed by atoms with Crippen molar-refractivity contribution in [2.75, 3.05) is 65.6 Å². The molecule has 1 saturated carbocycles. The zero-order valence-electron chi connectivity index (χ0n) is 31.5. The molecule has 1 aliphatic heterocycles. The maximum atomic E-state index is 12.7. The lowest BCUT2D eigenvalue weighted by Crippen LogP contribution is -2.46. The predicted molar refractivity (Wildman–Crippen MR) is 214 cm³/mol. The SMILES string of the molecule is CCN(CC)CCOC(=O)C1(c2ccccc2)CCCC1.Cc1ccccc1CN1CCN(CCOC(c2ccccc2)c2ccccc2Cl)CC1. The van der Waals surface area contributed by atoms with Gasteiger partial charge in [0.15, 0.2) is 0 Å². The molecule has 1 aliphatic carbocycles. The largest absolute Gasteiger partial charge is 0.464 e. The van der Waals surface area contributed by atoms with E-state index in [1.165, 1.54) is 11.1 Å². The topological polar surface area (TPSA) is 45.2 Å². The van der Waals surface area contributed by atoms with Crippen LogP contribution in [0.5, 0.6) is 0 Å². The van der Waals surface area contributed by atoms with Gasteiger partial charge in [0.05, 0.1) is 12.0 Å². The first-order valence-corrected chi connectivity index (χ1v) is 19.7. The smallest absolute Gasteiger partial charge is 0.316 e. The molecule has 1 atom stereocenters. The minimum absolute atomic E-state index is 0.0293. The summed E-state index contributed by atoms with van der Waals surface area (Å²) in [4.78, 5) is 20.0. The highest BCUT2D eigenvalue weighted by molar-refractivity contribution is 6.31. The van der Waals surface area contributed by atoms with Crippen LogP contribution in [0.2, 0.25) is 5.02 Å². The van der Waals surface area contributed by atoms with E-state index < -0.39 is 5.41 Å². The molecule has 7 heteroatoms. The summed E-state index contributed by atoms with van der Waals surface area (Å²) in [6, 6.07) is 37.2. The number of nitrogens with zero attached hydrogens (tertiary/aromatic N) is 3. The van der Waals surface area contributed by atoms with Crippen molar-refractivity contribution < 1.29 is 14.3 Å². The van der Waals surface area contributed by atoms with Crippen molar-refractivity contribution in [3.05, 3.63) is 142 Å². The number of likely N-dealkylation sites (N-methyl/N-ethyl adjacent to an activating group) is 1. The number of carbonyl (C=O) groups excluding carboxylic acids is 1. The van der Waals surface area contributed by atoms with E-state index in [0.717, 1.165) is 106 Å². The summed E-state index contributed by atoms with van der Waals surface area (Å²) in [6.45, 7) is 16.8. The molecular weight excluding hydrogens is 666 g/mol.